The topological polar surface area (TPSA) is 42.5 Å². The molecule has 0 atom stereocenters. The summed E-state index contributed by atoms with van der Waals surface area (Å²) in [6.45, 7) is 12.2. The molecule has 134 valence electrons. The fourth-order valence-electron chi connectivity index (χ4n) is 3.64. The smallest absolute Gasteiger partial charge is 0.158 e. The lowest BCUT2D eigenvalue weighted by atomic mass is 9.65. The van der Waals surface area contributed by atoms with Gasteiger partial charge in [-0.15, -0.1) is 0 Å². The van der Waals surface area contributed by atoms with Gasteiger partial charge in [0.15, 0.2) is 5.65 Å². The van der Waals surface area contributed by atoms with E-state index in [9.17, 15) is 4.39 Å². The van der Waals surface area contributed by atoms with Gasteiger partial charge in [-0.05, 0) is 33.8 Å². The highest BCUT2D eigenvalue weighted by atomic mass is 19.1. The number of rotatable bonds is 1. The van der Waals surface area contributed by atoms with E-state index in [4.69, 9.17) is 4.99 Å². The van der Waals surface area contributed by atoms with E-state index in [1.807, 2.05) is 32.3 Å². The zero-order valence-corrected chi connectivity index (χ0v) is 16.1. The Morgan fingerprint density at radius 3 is 2.54 bits per heavy atom. The van der Waals surface area contributed by atoms with Crippen LogP contribution in [0.5, 0.6) is 0 Å². The molecule has 0 saturated heterocycles. The van der Waals surface area contributed by atoms with Gasteiger partial charge in [0.2, 0.25) is 0 Å². The van der Waals surface area contributed by atoms with Crippen LogP contribution in [0, 0.1) is 19.7 Å². The summed E-state index contributed by atoms with van der Waals surface area (Å²) in [5.41, 5.74) is 5.12. The second-order valence-corrected chi connectivity index (χ2v) is 8.13. The zero-order valence-electron chi connectivity index (χ0n) is 16.1. The molecule has 4 nitrogen and oxygen atoms in total. The maximum absolute atomic E-state index is 14.8. The highest BCUT2D eigenvalue weighted by Gasteiger charge is 2.45. The Bertz CT molecular complexity index is 1070. The fraction of sp³-hybridized carbons (Fsp3) is 0.381. The van der Waals surface area contributed by atoms with Crippen molar-refractivity contribution >= 4 is 11.4 Å². The molecule has 0 N–H and O–H groups in total. The summed E-state index contributed by atoms with van der Waals surface area (Å²) in [4.78, 5) is 9.61. The largest absolute Gasteiger partial charge is 0.277 e. The van der Waals surface area contributed by atoms with Crippen molar-refractivity contribution in [1.29, 1.82) is 0 Å². The van der Waals surface area contributed by atoms with E-state index in [0.717, 1.165) is 33.7 Å². The van der Waals surface area contributed by atoms with Gasteiger partial charge in [0.05, 0.1) is 16.9 Å². The van der Waals surface area contributed by atoms with Crippen LogP contribution in [0.2, 0.25) is 0 Å². The highest BCUT2D eigenvalue weighted by molar-refractivity contribution is 6.14. The first-order valence-electron chi connectivity index (χ1n) is 8.84. The molecule has 1 aromatic carbocycles. The van der Waals surface area contributed by atoms with Gasteiger partial charge in [-0.1, -0.05) is 26.0 Å². The second-order valence-electron chi connectivity index (χ2n) is 8.13. The van der Waals surface area contributed by atoms with Crippen LogP contribution >= 0.6 is 0 Å². The van der Waals surface area contributed by atoms with Gasteiger partial charge in [0, 0.05) is 40.1 Å². The Hall–Kier alpha value is -2.56. The average Bonchev–Trinajstić information content (AvgIpc) is 2.85. The van der Waals surface area contributed by atoms with Crippen molar-refractivity contribution < 1.29 is 4.39 Å². The van der Waals surface area contributed by atoms with Crippen molar-refractivity contribution in [1.82, 2.24) is 14.6 Å². The third-order valence-corrected chi connectivity index (χ3v) is 6.03. The van der Waals surface area contributed by atoms with E-state index in [2.05, 4.69) is 37.8 Å². The molecule has 0 radical (unpaired) electrons. The van der Waals surface area contributed by atoms with E-state index < -0.39 is 11.0 Å². The molecule has 1 aliphatic heterocycles. The third-order valence-electron chi connectivity index (χ3n) is 6.03. The quantitative estimate of drug-likeness (QED) is 0.653. The van der Waals surface area contributed by atoms with Crippen molar-refractivity contribution in [2.24, 2.45) is 4.99 Å². The first-order chi connectivity index (χ1) is 12.1. The van der Waals surface area contributed by atoms with E-state index in [0.29, 0.717) is 5.56 Å². The van der Waals surface area contributed by atoms with Gasteiger partial charge in [-0.3, -0.25) is 4.99 Å². The maximum atomic E-state index is 14.8. The Labute approximate surface area is 152 Å². The molecule has 0 bridgehead atoms. The van der Waals surface area contributed by atoms with Crippen LogP contribution in [0.15, 0.2) is 35.6 Å². The Kier molecular flexibility index (Phi) is 3.39. The predicted octanol–water partition coefficient (Wildman–Crippen LogP) is 4.39. The molecular formula is C21H23FN4. The molecule has 2 aromatic heterocycles. The van der Waals surface area contributed by atoms with E-state index in [-0.39, 0.29) is 5.82 Å². The number of halogens is 1. The minimum absolute atomic E-state index is 0.187. The van der Waals surface area contributed by atoms with Crippen LogP contribution in [-0.4, -0.2) is 25.8 Å². The molecule has 0 amide bonds. The van der Waals surface area contributed by atoms with E-state index >= 15 is 0 Å². The highest BCUT2D eigenvalue weighted by Crippen LogP contribution is 2.44. The van der Waals surface area contributed by atoms with Crippen molar-refractivity contribution in [2.75, 3.05) is 0 Å². The van der Waals surface area contributed by atoms with Crippen LogP contribution in [-0.2, 0) is 5.41 Å². The summed E-state index contributed by atoms with van der Waals surface area (Å²) in [5, 5.41) is 4.53. The van der Waals surface area contributed by atoms with Crippen molar-refractivity contribution in [2.45, 2.75) is 52.5 Å². The summed E-state index contributed by atoms with van der Waals surface area (Å²) in [7, 11) is 0. The molecule has 1 aliphatic rings. The van der Waals surface area contributed by atoms with Gasteiger partial charge < -0.3 is 0 Å². The monoisotopic (exact) mass is 350 g/mol. The van der Waals surface area contributed by atoms with Crippen LogP contribution in [0.25, 0.3) is 5.65 Å². The number of hydrogen-bond donors (Lipinski definition) is 0. The molecule has 0 unspecified atom stereocenters. The number of hydrogen-bond acceptors (Lipinski definition) is 3. The van der Waals surface area contributed by atoms with Gasteiger partial charge in [-0.2, -0.15) is 5.10 Å². The average molecular weight is 350 g/mol. The molecular weight excluding hydrogens is 327 g/mol. The molecule has 0 aliphatic carbocycles. The number of aromatic nitrogens is 3. The molecule has 4 rings (SSSR count). The summed E-state index contributed by atoms with van der Waals surface area (Å²) in [5.74, 6) is -0.187. The SMILES string of the molecule is Cc1nn2cc(C3=NC(C)(C)C(C)(C)c4c(F)cccc43)cnc2c1C. The van der Waals surface area contributed by atoms with Crippen molar-refractivity contribution in [3.05, 3.63) is 64.4 Å². The molecule has 0 fully saturated rings. The van der Waals surface area contributed by atoms with E-state index in [1.165, 1.54) is 6.07 Å². The van der Waals surface area contributed by atoms with Gasteiger partial charge in [-0.25, -0.2) is 13.9 Å². The lowest BCUT2D eigenvalue weighted by Crippen LogP contribution is -2.46. The van der Waals surface area contributed by atoms with Crippen LogP contribution in [0.3, 0.4) is 0 Å². The summed E-state index contributed by atoms with van der Waals surface area (Å²) >= 11 is 0. The van der Waals surface area contributed by atoms with Crippen LogP contribution in [0.1, 0.15) is 55.6 Å². The Balaban J connectivity index is 2.00. The number of aliphatic imine (C=N–C) groups is 1. The zero-order chi connectivity index (χ0) is 18.9. The van der Waals surface area contributed by atoms with Gasteiger partial charge in [0.1, 0.15) is 5.82 Å². The van der Waals surface area contributed by atoms with Crippen LogP contribution < -0.4 is 0 Å². The van der Waals surface area contributed by atoms with Crippen molar-refractivity contribution in [3.8, 4) is 0 Å². The normalized spacial score (nSPS) is 17.9. The first kappa shape index (κ1) is 16.9. The lowest BCUT2D eigenvalue weighted by Gasteiger charge is -2.44. The van der Waals surface area contributed by atoms with Crippen LogP contribution in [0.4, 0.5) is 4.39 Å². The molecule has 3 aromatic rings. The molecule has 26 heavy (non-hydrogen) atoms. The number of benzene rings is 1. The lowest BCUT2D eigenvalue weighted by molar-refractivity contribution is 0.293. The van der Waals surface area contributed by atoms with Gasteiger partial charge in [0.25, 0.3) is 0 Å². The molecule has 0 spiro atoms. The number of aryl methyl sites for hydroxylation is 2. The fourth-order valence-corrected chi connectivity index (χ4v) is 3.64. The van der Waals surface area contributed by atoms with Gasteiger partial charge >= 0.3 is 0 Å². The second kappa shape index (κ2) is 5.22. The molecule has 3 heterocycles. The summed E-state index contributed by atoms with van der Waals surface area (Å²) in [6, 6.07) is 5.21. The van der Waals surface area contributed by atoms with E-state index in [1.54, 1.807) is 10.6 Å². The maximum Gasteiger partial charge on any atom is 0.158 e. The minimum Gasteiger partial charge on any atom is -0.277 e. The first-order valence-corrected chi connectivity index (χ1v) is 8.84. The molecule has 5 heteroatoms. The number of nitrogens with zero attached hydrogens (tertiary/aromatic N) is 4. The summed E-state index contributed by atoms with van der Waals surface area (Å²) < 4.78 is 16.6. The minimum atomic E-state index is -0.456. The van der Waals surface area contributed by atoms with Crippen molar-refractivity contribution in [3.63, 3.8) is 0 Å². The predicted molar refractivity (Wildman–Crippen MR) is 102 cm³/mol. The Morgan fingerprint density at radius 1 is 1.08 bits per heavy atom. The standard InChI is InChI=1S/C21H23FN4/c1-12-13(2)25-26-11-14(10-23-19(12)26)18-15-8-7-9-16(22)17(15)20(3,4)21(5,6)24-18/h7-11H,1-6H3. The summed E-state index contributed by atoms with van der Waals surface area (Å²) in [6.07, 6.45) is 3.75. The molecule has 0 saturated carbocycles. The third kappa shape index (κ3) is 2.16. The Morgan fingerprint density at radius 2 is 1.81 bits per heavy atom. The number of fused-ring (bicyclic) bond motifs is 2.